The third-order valence-electron chi connectivity index (χ3n) is 4.32. The lowest BCUT2D eigenvalue weighted by atomic mass is 10.0. The number of nitrogens with zero attached hydrogens (tertiary/aromatic N) is 2. The highest BCUT2D eigenvalue weighted by Crippen LogP contribution is 2.22. The molecule has 1 aliphatic rings. The number of amides is 1. The quantitative estimate of drug-likeness (QED) is 0.761. The number of aryl methyl sites for hydroxylation is 2. The lowest BCUT2D eigenvalue weighted by Gasteiger charge is -2.29. The van der Waals surface area contributed by atoms with Crippen molar-refractivity contribution in [3.63, 3.8) is 0 Å². The Morgan fingerprint density at radius 3 is 2.65 bits per heavy atom. The van der Waals surface area contributed by atoms with Gasteiger partial charge in [-0.05, 0) is 25.0 Å². The molecule has 2 unspecified atom stereocenters. The predicted octanol–water partition coefficient (Wildman–Crippen LogP) is 2.55. The molecule has 0 saturated carbocycles. The smallest absolute Gasteiger partial charge is 0.253 e. The summed E-state index contributed by atoms with van der Waals surface area (Å²) in [6.07, 6.45) is -2.91. The normalized spacial score (nSPS) is 17.0. The fraction of sp³-hybridized carbons (Fsp3) is 0.667. The van der Waals surface area contributed by atoms with Crippen molar-refractivity contribution in [3.8, 4) is 0 Å². The molecule has 0 spiro atoms. The van der Waals surface area contributed by atoms with Gasteiger partial charge in [0.1, 0.15) is 12.5 Å². The molecule has 1 aromatic heterocycles. The van der Waals surface area contributed by atoms with E-state index in [1.807, 2.05) is 13.0 Å². The largest absolute Gasteiger partial charge is 0.378 e. The van der Waals surface area contributed by atoms with Crippen LogP contribution < -0.4 is 10.2 Å². The second-order valence-electron chi connectivity index (χ2n) is 6.36. The van der Waals surface area contributed by atoms with Crippen LogP contribution in [0.3, 0.4) is 0 Å². The molecule has 2 rings (SSSR count). The lowest BCUT2D eigenvalue weighted by molar-refractivity contribution is 0.0903. The Balaban J connectivity index is 2.19. The van der Waals surface area contributed by atoms with Crippen LogP contribution in [-0.2, 0) is 11.2 Å². The number of hydrogen-bond acceptors (Lipinski definition) is 4. The molecule has 1 amide bonds. The number of nitrogens with one attached hydrogen (secondary N) is 1. The van der Waals surface area contributed by atoms with Crippen LogP contribution in [0.1, 0.15) is 35.0 Å². The van der Waals surface area contributed by atoms with Crippen LogP contribution >= 0.6 is 0 Å². The van der Waals surface area contributed by atoms with Crippen molar-refractivity contribution in [3.05, 3.63) is 22.9 Å². The zero-order valence-electron chi connectivity index (χ0n) is 15.2. The van der Waals surface area contributed by atoms with Crippen molar-refractivity contribution < 1.29 is 22.7 Å². The number of morpholine rings is 1. The van der Waals surface area contributed by atoms with Crippen molar-refractivity contribution >= 4 is 11.7 Å². The fourth-order valence-corrected chi connectivity index (χ4v) is 2.91. The van der Waals surface area contributed by atoms with E-state index in [0.717, 1.165) is 30.9 Å². The van der Waals surface area contributed by atoms with E-state index in [1.54, 1.807) is 6.92 Å². The maximum absolute atomic E-state index is 13.5. The zero-order chi connectivity index (χ0) is 19.1. The Morgan fingerprint density at radius 1 is 1.35 bits per heavy atom. The Hall–Kier alpha value is -1.83. The van der Waals surface area contributed by atoms with E-state index in [4.69, 9.17) is 4.74 Å². The van der Waals surface area contributed by atoms with Gasteiger partial charge in [-0.25, -0.2) is 18.2 Å². The molecule has 0 bridgehead atoms. The van der Waals surface area contributed by atoms with Gasteiger partial charge in [0.15, 0.2) is 12.3 Å². The average molecular weight is 373 g/mol. The molecule has 0 aliphatic carbocycles. The molecule has 1 N–H and O–H groups in total. The number of pyridine rings is 1. The van der Waals surface area contributed by atoms with Crippen molar-refractivity contribution in [2.75, 3.05) is 44.4 Å². The number of rotatable bonds is 8. The Kier molecular flexibility index (Phi) is 7.68. The summed E-state index contributed by atoms with van der Waals surface area (Å²) in [6.45, 7) is 4.51. The molecule has 2 heterocycles. The third-order valence-corrected chi connectivity index (χ3v) is 4.32. The molecule has 2 atom stereocenters. The predicted molar refractivity (Wildman–Crippen MR) is 94.1 cm³/mol. The summed E-state index contributed by atoms with van der Waals surface area (Å²) in [7, 11) is 0. The van der Waals surface area contributed by atoms with Gasteiger partial charge >= 0.3 is 0 Å². The first-order chi connectivity index (χ1) is 12.5. The topological polar surface area (TPSA) is 54.5 Å². The molecular weight excluding hydrogens is 347 g/mol. The molecule has 0 radical (unpaired) electrons. The summed E-state index contributed by atoms with van der Waals surface area (Å²) in [4.78, 5) is 19.2. The summed E-state index contributed by atoms with van der Waals surface area (Å²) in [5.41, 5.74) is 1.73. The number of aromatic nitrogens is 1. The fourth-order valence-electron chi connectivity index (χ4n) is 2.91. The molecule has 8 heteroatoms. The van der Waals surface area contributed by atoms with E-state index in [2.05, 4.69) is 15.2 Å². The van der Waals surface area contributed by atoms with Gasteiger partial charge in [-0.15, -0.1) is 0 Å². The van der Waals surface area contributed by atoms with Crippen molar-refractivity contribution in [2.45, 2.75) is 39.0 Å². The lowest BCUT2D eigenvalue weighted by Crippen LogP contribution is -2.38. The summed E-state index contributed by atoms with van der Waals surface area (Å²) in [6, 6.07) is 1.83. The monoisotopic (exact) mass is 373 g/mol. The van der Waals surface area contributed by atoms with E-state index in [-0.39, 0.29) is 0 Å². The number of carbonyl (C=O) groups excluding carboxylic acids is 1. The van der Waals surface area contributed by atoms with Crippen LogP contribution in [0.5, 0.6) is 0 Å². The van der Waals surface area contributed by atoms with Crippen LogP contribution in [0.4, 0.5) is 19.0 Å². The Morgan fingerprint density at radius 2 is 2.04 bits per heavy atom. The van der Waals surface area contributed by atoms with Gasteiger partial charge in [0.05, 0.1) is 31.0 Å². The second kappa shape index (κ2) is 9.75. The third kappa shape index (κ3) is 5.09. The number of halogens is 3. The van der Waals surface area contributed by atoms with Gasteiger partial charge in [-0.2, -0.15) is 0 Å². The van der Waals surface area contributed by atoms with Gasteiger partial charge in [-0.1, -0.05) is 13.3 Å². The summed E-state index contributed by atoms with van der Waals surface area (Å²) in [5.74, 6) is 0.274. The van der Waals surface area contributed by atoms with E-state index >= 15 is 0 Å². The molecule has 146 valence electrons. The number of carbonyl (C=O) groups is 1. The molecule has 0 aromatic carbocycles. The number of ether oxygens (including phenoxy) is 1. The molecule has 1 fully saturated rings. The summed E-state index contributed by atoms with van der Waals surface area (Å²) in [5, 5.41) is 2.36. The molecule has 1 aliphatic heterocycles. The van der Waals surface area contributed by atoms with Crippen molar-refractivity contribution in [2.24, 2.45) is 0 Å². The Bertz CT molecular complexity index is 610. The molecule has 1 aromatic rings. The van der Waals surface area contributed by atoms with Gasteiger partial charge in [-0.3, -0.25) is 4.79 Å². The van der Waals surface area contributed by atoms with Gasteiger partial charge in [0, 0.05) is 13.1 Å². The maximum Gasteiger partial charge on any atom is 0.253 e. The van der Waals surface area contributed by atoms with E-state index < -0.39 is 31.5 Å². The zero-order valence-corrected chi connectivity index (χ0v) is 15.2. The summed E-state index contributed by atoms with van der Waals surface area (Å²) >= 11 is 0. The average Bonchev–Trinajstić information content (AvgIpc) is 2.65. The highest BCUT2D eigenvalue weighted by Gasteiger charge is 2.24. The van der Waals surface area contributed by atoms with Crippen LogP contribution in [0.15, 0.2) is 6.07 Å². The van der Waals surface area contributed by atoms with Gasteiger partial charge in [0.25, 0.3) is 5.91 Å². The standard InChI is InChI=1S/C18H26F3N3O2/c1-3-4-15-17(18(25)22-11-14(21)13(20)10-19)12(2)9-16(23-15)24-5-7-26-8-6-24/h9,13-14H,3-8,10-11H2,1-2H3,(H,22,25). The minimum Gasteiger partial charge on any atom is -0.378 e. The van der Waals surface area contributed by atoms with Crippen molar-refractivity contribution in [1.82, 2.24) is 10.3 Å². The minimum absolute atomic E-state index is 0.381. The van der Waals surface area contributed by atoms with Gasteiger partial charge in [0.2, 0.25) is 0 Å². The maximum atomic E-state index is 13.5. The van der Waals surface area contributed by atoms with E-state index in [9.17, 15) is 18.0 Å². The second-order valence-corrected chi connectivity index (χ2v) is 6.36. The first-order valence-corrected chi connectivity index (χ1v) is 8.93. The highest BCUT2D eigenvalue weighted by molar-refractivity contribution is 5.97. The SMILES string of the molecule is CCCc1nc(N2CCOCC2)cc(C)c1C(=O)NCC(F)C(F)CF. The molecular formula is C18H26F3N3O2. The van der Waals surface area contributed by atoms with Crippen LogP contribution in [-0.4, -0.2) is 62.8 Å². The molecule has 26 heavy (non-hydrogen) atoms. The number of alkyl halides is 3. The van der Waals surface area contributed by atoms with Crippen LogP contribution in [0.25, 0.3) is 0 Å². The first kappa shape index (κ1) is 20.5. The Labute approximate surface area is 151 Å². The van der Waals surface area contributed by atoms with Crippen LogP contribution in [0.2, 0.25) is 0 Å². The highest BCUT2D eigenvalue weighted by atomic mass is 19.2. The van der Waals surface area contributed by atoms with Gasteiger partial charge < -0.3 is 15.0 Å². The number of hydrogen-bond donors (Lipinski definition) is 1. The number of anilines is 1. The van der Waals surface area contributed by atoms with Crippen molar-refractivity contribution in [1.29, 1.82) is 0 Å². The van der Waals surface area contributed by atoms with Crippen LogP contribution in [0, 0.1) is 6.92 Å². The van der Waals surface area contributed by atoms with E-state index in [0.29, 0.717) is 30.9 Å². The molecule has 1 saturated heterocycles. The molecule has 5 nitrogen and oxygen atoms in total. The first-order valence-electron chi connectivity index (χ1n) is 8.93. The van der Waals surface area contributed by atoms with E-state index in [1.165, 1.54) is 0 Å². The summed E-state index contributed by atoms with van der Waals surface area (Å²) < 4.78 is 44.0. The minimum atomic E-state index is -2.23.